The molecule has 0 atom stereocenters. The maximum Gasteiger partial charge on any atom is 0.328 e. The van der Waals surface area contributed by atoms with Crippen molar-refractivity contribution in [3.05, 3.63) is 35.9 Å². The van der Waals surface area contributed by atoms with Gasteiger partial charge in [0.15, 0.2) is 0 Å². The van der Waals surface area contributed by atoms with Gasteiger partial charge in [0.1, 0.15) is 12.4 Å². The van der Waals surface area contributed by atoms with E-state index in [-0.39, 0.29) is 0 Å². The molecule has 0 saturated carbocycles. The summed E-state index contributed by atoms with van der Waals surface area (Å²) in [5.74, 6) is 0.982. The van der Waals surface area contributed by atoms with E-state index >= 15 is 0 Å². The van der Waals surface area contributed by atoms with Crippen LogP contribution in [0.4, 0.5) is 0 Å². The maximum atomic E-state index is 10.4. The van der Waals surface area contributed by atoms with Crippen molar-refractivity contribution < 1.29 is 14.6 Å². The average Bonchev–Trinajstić information content (AvgIpc) is 2.44. The van der Waals surface area contributed by atoms with Crippen molar-refractivity contribution in [3.63, 3.8) is 0 Å². The molecule has 0 aliphatic heterocycles. The summed E-state index contributed by atoms with van der Waals surface area (Å²) in [5.41, 5.74) is 0.844. The summed E-state index contributed by atoms with van der Waals surface area (Å²) in [6.45, 7) is 2.60. The summed E-state index contributed by atoms with van der Waals surface area (Å²) in [6, 6.07) is 7.38. The number of benzene rings is 1. The maximum absolute atomic E-state index is 10.4. The molecule has 1 rings (SSSR count). The molecule has 0 unspecified atom stereocenters. The lowest BCUT2D eigenvalue weighted by Gasteiger charge is -2.16. The van der Waals surface area contributed by atoms with E-state index in [4.69, 9.17) is 9.84 Å². The van der Waals surface area contributed by atoms with Crippen LogP contribution in [0.25, 0.3) is 6.08 Å². The highest BCUT2D eigenvalue weighted by molar-refractivity contribution is 7.98. The average molecular weight is 295 g/mol. The van der Waals surface area contributed by atoms with Gasteiger partial charge in [-0.3, -0.25) is 0 Å². The van der Waals surface area contributed by atoms with E-state index < -0.39 is 5.97 Å². The van der Waals surface area contributed by atoms with Crippen LogP contribution in [0.3, 0.4) is 0 Å². The second-order valence-corrected chi connectivity index (χ2v) is 5.37. The molecular weight excluding hydrogens is 274 g/mol. The number of likely N-dealkylation sites (N-methyl/N-ethyl adjacent to an activating group) is 1. The standard InChI is InChI=1S/C15H21NO3S/c1-16(10-12-20-2)9-11-19-14-6-3-13(4-7-14)5-8-15(17)18/h3-8H,9-12H2,1-2H3,(H,17,18)/b8-5+. The number of carboxylic acids is 1. The van der Waals surface area contributed by atoms with E-state index in [0.717, 1.165) is 36.2 Å². The van der Waals surface area contributed by atoms with E-state index in [2.05, 4.69) is 18.2 Å². The van der Waals surface area contributed by atoms with E-state index in [9.17, 15) is 4.79 Å². The molecule has 0 aliphatic rings. The van der Waals surface area contributed by atoms with Gasteiger partial charge in [0.25, 0.3) is 0 Å². The first kappa shape index (κ1) is 16.6. The molecule has 0 aliphatic carbocycles. The van der Waals surface area contributed by atoms with Crippen molar-refractivity contribution in [1.29, 1.82) is 0 Å². The normalized spacial score (nSPS) is 11.2. The predicted molar refractivity (Wildman–Crippen MR) is 84.5 cm³/mol. The zero-order valence-corrected chi connectivity index (χ0v) is 12.7. The Bertz CT molecular complexity index is 431. The van der Waals surface area contributed by atoms with Crippen LogP contribution >= 0.6 is 11.8 Å². The van der Waals surface area contributed by atoms with Gasteiger partial charge in [-0.05, 0) is 37.1 Å². The third kappa shape index (κ3) is 7.21. The number of carbonyl (C=O) groups is 1. The molecule has 20 heavy (non-hydrogen) atoms. The smallest absolute Gasteiger partial charge is 0.328 e. The molecule has 0 aromatic heterocycles. The number of thioether (sulfide) groups is 1. The van der Waals surface area contributed by atoms with Crippen molar-refractivity contribution in [2.24, 2.45) is 0 Å². The van der Waals surface area contributed by atoms with Crippen molar-refractivity contribution in [2.45, 2.75) is 0 Å². The van der Waals surface area contributed by atoms with Gasteiger partial charge in [0, 0.05) is 24.9 Å². The second-order valence-electron chi connectivity index (χ2n) is 4.39. The molecule has 4 nitrogen and oxygen atoms in total. The summed E-state index contributed by atoms with van der Waals surface area (Å²) in [4.78, 5) is 12.6. The molecule has 5 heteroatoms. The Kier molecular flexibility index (Phi) is 7.84. The van der Waals surface area contributed by atoms with Crippen molar-refractivity contribution in [1.82, 2.24) is 4.90 Å². The van der Waals surface area contributed by atoms with Crippen LogP contribution in [0.15, 0.2) is 30.3 Å². The minimum atomic E-state index is -0.946. The summed E-state index contributed by atoms with van der Waals surface area (Å²) in [5, 5.41) is 8.54. The zero-order valence-electron chi connectivity index (χ0n) is 11.9. The van der Waals surface area contributed by atoms with Crippen LogP contribution in [-0.4, -0.2) is 54.7 Å². The number of carboxylic acid groups (broad SMARTS) is 1. The van der Waals surface area contributed by atoms with Gasteiger partial charge >= 0.3 is 5.97 Å². The van der Waals surface area contributed by atoms with Crippen LogP contribution in [0.5, 0.6) is 5.75 Å². The fourth-order valence-corrected chi connectivity index (χ4v) is 2.02. The predicted octanol–water partition coefficient (Wildman–Crippen LogP) is 2.46. The van der Waals surface area contributed by atoms with Gasteiger partial charge in [-0.1, -0.05) is 12.1 Å². The van der Waals surface area contributed by atoms with Crippen LogP contribution in [0, 0.1) is 0 Å². The van der Waals surface area contributed by atoms with Gasteiger partial charge in [-0.25, -0.2) is 4.79 Å². The van der Waals surface area contributed by atoms with Gasteiger partial charge in [-0.2, -0.15) is 11.8 Å². The first-order chi connectivity index (χ1) is 9.61. The number of rotatable bonds is 9. The lowest BCUT2D eigenvalue weighted by atomic mass is 10.2. The Balaban J connectivity index is 2.33. The first-order valence-electron chi connectivity index (χ1n) is 6.43. The molecular formula is C15H21NO3S. The van der Waals surface area contributed by atoms with Crippen LogP contribution in [0.2, 0.25) is 0 Å². The zero-order chi connectivity index (χ0) is 14.8. The molecule has 0 saturated heterocycles. The largest absolute Gasteiger partial charge is 0.492 e. The van der Waals surface area contributed by atoms with Gasteiger partial charge in [0.05, 0.1) is 0 Å². The quantitative estimate of drug-likeness (QED) is 0.709. The molecule has 1 aromatic rings. The molecule has 0 spiro atoms. The highest BCUT2D eigenvalue weighted by Gasteiger charge is 1.99. The second kappa shape index (κ2) is 9.44. The number of hydrogen-bond donors (Lipinski definition) is 1. The number of hydrogen-bond acceptors (Lipinski definition) is 4. The van der Waals surface area contributed by atoms with Gasteiger partial charge in [0.2, 0.25) is 0 Å². The molecule has 110 valence electrons. The van der Waals surface area contributed by atoms with Crippen molar-refractivity contribution in [2.75, 3.05) is 38.8 Å². The fraction of sp³-hybridized carbons (Fsp3) is 0.400. The van der Waals surface area contributed by atoms with E-state index in [1.165, 1.54) is 0 Å². The molecule has 0 radical (unpaired) electrons. The number of nitrogens with zero attached hydrogens (tertiary/aromatic N) is 1. The van der Waals surface area contributed by atoms with Crippen LogP contribution < -0.4 is 4.74 Å². The molecule has 0 bridgehead atoms. The third-order valence-corrected chi connectivity index (χ3v) is 3.31. The Morgan fingerprint density at radius 1 is 1.35 bits per heavy atom. The summed E-state index contributed by atoms with van der Waals surface area (Å²) < 4.78 is 5.65. The van der Waals surface area contributed by atoms with E-state index in [1.54, 1.807) is 6.08 Å². The minimum absolute atomic E-state index is 0.648. The van der Waals surface area contributed by atoms with Crippen molar-refractivity contribution >= 4 is 23.8 Å². The summed E-state index contributed by atoms with van der Waals surface area (Å²) >= 11 is 1.84. The summed E-state index contributed by atoms with van der Waals surface area (Å²) in [6.07, 6.45) is 4.78. The first-order valence-corrected chi connectivity index (χ1v) is 7.82. The molecule has 1 aromatic carbocycles. The third-order valence-electron chi connectivity index (χ3n) is 2.72. The topological polar surface area (TPSA) is 49.8 Å². The van der Waals surface area contributed by atoms with Gasteiger partial charge < -0.3 is 14.7 Å². The molecule has 0 fully saturated rings. The lowest BCUT2D eigenvalue weighted by Crippen LogP contribution is -2.26. The van der Waals surface area contributed by atoms with Gasteiger partial charge in [-0.15, -0.1) is 0 Å². The molecule has 0 heterocycles. The molecule has 0 amide bonds. The Morgan fingerprint density at radius 3 is 2.65 bits per heavy atom. The Hall–Kier alpha value is -1.46. The molecule has 1 N–H and O–H groups in total. The van der Waals surface area contributed by atoms with Crippen LogP contribution in [-0.2, 0) is 4.79 Å². The lowest BCUT2D eigenvalue weighted by molar-refractivity contribution is -0.131. The Morgan fingerprint density at radius 2 is 2.05 bits per heavy atom. The summed E-state index contributed by atoms with van der Waals surface area (Å²) in [7, 11) is 2.08. The number of aliphatic carboxylic acids is 1. The Labute approximate surface area is 124 Å². The number of ether oxygens (including phenoxy) is 1. The van der Waals surface area contributed by atoms with Crippen molar-refractivity contribution in [3.8, 4) is 5.75 Å². The SMILES string of the molecule is CSCCN(C)CCOc1ccc(/C=C/C(=O)O)cc1. The van der Waals surface area contributed by atoms with E-state index in [1.807, 2.05) is 36.0 Å². The minimum Gasteiger partial charge on any atom is -0.492 e. The monoisotopic (exact) mass is 295 g/mol. The highest BCUT2D eigenvalue weighted by Crippen LogP contribution is 2.13. The van der Waals surface area contributed by atoms with Crippen LogP contribution in [0.1, 0.15) is 5.56 Å². The highest BCUT2D eigenvalue weighted by atomic mass is 32.2. The van der Waals surface area contributed by atoms with E-state index in [0.29, 0.717) is 6.61 Å². The fourth-order valence-electron chi connectivity index (χ4n) is 1.52.